The van der Waals surface area contributed by atoms with Gasteiger partial charge in [0.15, 0.2) is 0 Å². The Balaban J connectivity index is 2.15. The number of amides is 3. The van der Waals surface area contributed by atoms with Crippen LogP contribution in [0.4, 0.5) is 15.8 Å². The molecular formula is C17H22FN3O3. The molecule has 1 unspecified atom stereocenters. The van der Waals surface area contributed by atoms with Crippen LogP contribution >= 0.6 is 0 Å². The van der Waals surface area contributed by atoms with E-state index in [9.17, 15) is 18.8 Å². The highest BCUT2D eigenvalue weighted by atomic mass is 19.1. The summed E-state index contributed by atoms with van der Waals surface area (Å²) in [5, 5.41) is 7.73. The van der Waals surface area contributed by atoms with Crippen LogP contribution in [0.3, 0.4) is 0 Å². The predicted molar refractivity (Wildman–Crippen MR) is 88.9 cm³/mol. The van der Waals surface area contributed by atoms with E-state index in [0.717, 1.165) is 25.7 Å². The fourth-order valence-corrected chi connectivity index (χ4v) is 3.02. The Morgan fingerprint density at radius 3 is 2.33 bits per heavy atom. The summed E-state index contributed by atoms with van der Waals surface area (Å²) in [5.74, 6) is -1.59. The SMILES string of the molecule is CC(=O)Nc1ccc(F)c(NC(=O)C(NC(C)=O)C2CCCC2)c1. The molecule has 24 heavy (non-hydrogen) atoms. The van der Waals surface area contributed by atoms with Crippen molar-refractivity contribution in [3.05, 3.63) is 24.0 Å². The normalized spacial score (nSPS) is 15.6. The van der Waals surface area contributed by atoms with Gasteiger partial charge in [-0.2, -0.15) is 0 Å². The number of rotatable bonds is 5. The Hall–Kier alpha value is -2.44. The van der Waals surface area contributed by atoms with Gasteiger partial charge in [0.25, 0.3) is 0 Å². The van der Waals surface area contributed by atoms with Crippen molar-refractivity contribution in [1.82, 2.24) is 5.32 Å². The standard InChI is InChI=1S/C17H22FN3O3/c1-10(22)19-13-7-8-14(18)15(9-13)21-17(24)16(20-11(2)23)12-5-3-4-6-12/h7-9,12,16H,3-6H2,1-2H3,(H,19,22)(H,20,23)(H,21,24). The first-order chi connectivity index (χ1) is 11.4. The molecule has 1 fully saturated rings. The zero-order valence-corrected chi connectivity index (χ0v) is 13.8. The molecule has 0 aromatic heterocycles. The molecule has 1 aromatic rings. The second kappa shape index (κ2) is 7.90. The van der Waals surface area contributed by atoms with Gasteiger partial charge in [0.2, 0.25) is 17.7 Å². The van der Waals surface area contributed by atoms with Crippen molar-refractivity contribution >= 4 is 29.1 Å². The number of hydrogen-bond donors (Lipinski definition) is 3. The summed E-state index contributed by atoms with van der Waals surface area (Å²) in [4.78, 5) is 35.0. The summed E-state index contributed by atoms with van der Waals surface area (Å²) in [6.45, 7) is 2.70. The maximum Gasteiger partial charge on any atom is 0.247 e. The molecule has 6 nitrogen and oxygen atoms in total. The molecule has 0 bridgehead atoms. The van der Waals surface area contributed by atoms with E-state index in [1.54, 1.807) is 0 Å². The van der Waals surface area contributed by atoms with Gasteiger partial charge in [-0.05, 0) is 37.0 Å². The molecular weight excluding hydrogens is 313 g/mol. The summed E-state index contributed by atoms with van der Waals surface area (Å²) in [7, 11) is 0. The summed E-state index contributed by atoms with van der Waals surface area (Å²) in [6, 6.07) is 3.25. The number of halogens is 1. The highest BCUT2D eigenvalue weighted by Crippen LogP contribution is 2.29. The van der Waals surface area contributed by atoms with E-state index in [2.05, 4.69) is 16.0 Å². The van der Waals surface area contributed by atoms with Crippen LogP contribution in [0.1, 0.15) is 39.5 Å². The van der Waals surface area contributed by atoms with Gasteiger partial charge in [-0.1, -0.05) is 12.8 Å². The van der Waals surface area contributed by atoms with E-state index in [-0.39, 0.29) is 23.4 Å². The Bertz CT molecular complexity index is 642. The van der Waals surface area contributed by atoms with Crippen LogP contribution in [-0.2, 0) is 14.4 Å². The molecule has 0 spiro atoms. The average molecular weight is 335 g/mol. The van der Waals surface area contributed by atoms with Crippen LogP contribution in [0.25, 0.3) is 0 Å². The molecule has 1 atom stereocenters. The van der Waals surface area contributed by atoms with Gasteiger partial charge >= 0.3 is 0 Å². The highest BCUT2D eigenvalue weighted by molar-refractivity contribution is 5.98. The van der Waals surface area contributed by atoms with Crippen molar-refractivity contribution in [3.8, 4) is 0 Å². The largest absolute Gasteiger partial charge is 0.344 e. The maximum absolute atomic E-state index is 14.0. The van der Waals surface area contributed by atoms with Crippen LogP contribution < -0.4 is 16.0 Å². The molecule has 1 aliphatic carbocycles. The van der Waals surface area contributed by atoms with E-state index in [4.69, 9.17) is 0 Å². The monoisotopic (exact) mass is 335 g/mol. The fraction of sp³-hybridized carbons (Fsp3) is 0.471. The first-order valence-corrected chi connectivity index (χ1v) is 8.02. The Labute approximate surface area is 140 Å². The fourth-order valence-electron chi connectivity index (χ4n) is 3.02. The molecule has 7 heteroatoms. The number of anilines is 2. The lowest BCUT2D eigenvalue weighted by Crippen LogP contribution is -2.47. The molecule has 0 saturated heterocycles. The van der Waals surface area contributed by atoms with Crippen molar-refractivity contribution in [2.24, 2.45) is 5.92 Å². The van der Waals surface area contributed by atoms with Crippen molar-refractivity contribution in [3.63, 3.8) is 0 Å². The Kier molecular flexibility index (Phi) is 5.89. The van der Waals surface area contributed by atoms with E-state index in [1.165, 1.54) is 32.0 Å². The molecule has 0 heterocycles. The zero-order chi connectivity index (χ0) is 17.7. The minimum Gasteiger partial charge on any atom is -0.344 e. The third kappa shape index (κ3) is 4.78. The van der Waals surface area contributed by atoms with Gasteiger partial charge in [-0.25, -0.2) is 4.39 Å². The summed E-state index contributed by atoms with van der Waals surface area (Å²) >= 11 is 0. The van der Waals surface area contributed by atoms with Crippen molar-refractivity contribution < 1.29 is 18.8 Å². The van der Waals surface area contributed by atoms with E-state index in [1.807, 2.05) is 0 Å². The van der Waals surface area contributed by atoms with Crippen molar-refractivity contribution in [2.75, 3.05) is 10.6 Å². The van der Waals surface area contributed by atoms with Crippen LogP contribution in [0, 0.1) is 11.7 Å². The first kappa shape index (κ1) is 17.9. The van der Waals surface area contributed by atoms with Crippen LogP contribution in [0.2, 0.25) is 0 Å². The van der Waals surface area contributed by atoms with Gasteiger partial charge in [0.1, 0.15) is 11.9 Å². The highest BCUT2D eigenvalue weighted by Gasteiger charge is 2.31. The quantitative estimate of drug-likeness (QED) is 0.772. The number of carbonyl (C=O) groups is 3. The number of hydrogen-bond acceptors (Lipinski definition) is 3. The second-order valence-electron chi connectivity index (χ2n) is 6.09. The lowest BCUT2D eigenvalue weighted by molar-refractivity contribution is -0.126. The lowest BCUT2D eigenvalue weighted by atomic mass is 9.97. The predicted octanol–water partition coefficient (Wildman–Crippen LogP) is 2.42. The maximum atomic E-state index is 14.0. The van der Waals surface area contributed by atoms with Crippen LogP contribution in [0.5, 0.6) is 0 Å². The molecule has 130 valence electrons. The minimum absolute atomic E-state index is 0.0281. The zero-order valence-electron chi connectivity index (χ0n) is 13.8. The Morgan fingerprint density at radius 1 is 1.08 bits per heavy atom. The topological polar surface area (TPSA) is 87.3 Å². The number of nitrogens with one attached hydrogen (secondary N) is 3. The smallest absolute Gasteiger partial charge is 0.247 e. The van der Waals surface area contributed by atoms with E-state index < -0.39 is 17.8 Å². The van der Waals surface area contributed by atoms with Gasteiger partial charge < -0.3 is 16.0 Å². The van der Waals surface area contributed by atoms with Gasteiger partial charge in [-0.15, -0.1) is 0 Å². The number of carbonyl (C=O) groups excluding carboxylic acids is 3. The molecule has 3 amide bonds. The molecule has 0 aliphatic heterocycles. The third-order valence-electron chi connectivity index (χ3n) is 4.06. The molecule has 0 radical (unpaired) electrons. The molecule has 3 N–H and O–H groups in total. The third-order valence-corrected chi connectivity index (χ3v) is 4.06. The number of benzene rings is 1. The summed E-state index contributed by atoms with van der Waals surface area (Å²) in [5.41, 5.74) is 0.357. The first-order valence-electron chi connectivity index (χ1n) is 8.02. The average Bonchev–Trinajstić information content (AvgIpc) is 3.01. The van der Waals surface area contributed by atoms with Crippen LogP contribution in [-0.4, -0.2) is 23.8 Å². The molecule has 1 saturated carbocycles. The second-order valence-corrected chi connectivity index (χ2v) is 6.09. The van der Waals surface area contributed by atoms with E-state index in [0.29, 0.717) is 5.69 Å². The minimum atomic E-state index is -0.686. The van der Waals surface area contributed by atoms with Crippen LogP contribution in [0.15, 0.2) is 18.2 Å². The van der Waals surface area contributed by atoms with E-state index >= 15 is 0 Å². The Morgan fingerprint density at radius 2 is 1.75 bits per heavy atom. The van der Waals surface area contributed by atoms with Crippen molar-refractivity contribution in [2.45, 2.75) is 45.6 Å². The lowest BCUT2D eigenvalue weighted by Gasteiger charge is -2.23. The van der Waals surface area contributed by atoms with Gasteiger partial charge in [0.05, 0.1) is 5.69 Å². The summed E-state index contributed by atoms with van der Waals surface area (Å²) in [6.07, 6.45) is 3.74. The van der Waals surface area contributed by atoms with Gasteiger partial charge in [-0.3, -0.25) is 14.4 Å². The molecule has 1 aliphatic rings. The van der Waals surface area contributed by atoms with Crippen molar-refractivity contribution in [1.29, 1.82) is 0 Å². The summed E-state index contributed by atoms with van der Waals surface area (Å²) < 4.78 is 14.0. The van der Waals surface area contributed by atoms with Gasteiger partial charge in [0, 0.05) is 19.5 Å². The molecule has 2 rings (SSSR count). The molecule has 1 aromatic carbocycles.